The third-order valence-electron chi connectivity index (χ3n) is 4.23. The van der Waals surface area contributed by atoms with Crippen LogP contribution < -0.4 is 20.9 Å². The van der Waals surface area contributed by atoms with Gasteiger partial charge >= 0.3 is 6.03 Å². The lowest BCUT2D eigenvalue weighted by Gasteiger charge is -2.14. The topological polar surface area (TPSA) is 86.4 Å². The summed E-state index contributed by atoms with van der Waals surface area (Å²) in [5.41, 5.74) is 3.78. The van der Waals surface area contributed by atoms with E-state index in [4.69, 9.17) is 0 Å². The van der Waals surface area contributed by atoms with Crippen molar-refractivity contribution in [3.05, 3.63) is 84.2 Å². The number of hydrogen-bond donors (Lipinski definition) is 3. The number of carbonyl (C=O) groups excluding carboxylic acids is 2. The molecule has 0 spiro atoms. The smallest absolute Gasteiger partial charge is 0.319 e. The van der Waals surface area contributed by atoms with Crippen molar-refractivity contribution in [2.24, 2.45) is 0 Å². The molecule has 148 valence electrons. The molecule has 1 heterocycles. The van der Waals surface area contributed by atoms with Gasteiger partial charge in [-0.2, -0.15) is 0 Å². The highest BCUT2D eigenvalue weighted by molar-refractivity contribution is 6.04. The maximum absolute atomic E-state index is 12.5. The molecule has 0 aliphatic rings. The van der Waals surface area contributed by atoms with Crippen molar-refractivity contribution >= 4 is 29.0 Å². The van der Waals surface area contributed by atoms with Crippen molar-refractivity contribution in [1.82, 2.24) is 10.3 Å². The minimum absolute atomic E-state index is 0.213. The van der Waals surface area contributed by atoms with Gasteiger partial charge in [0.1, 0.15) is 0 Å². The van der Waals surface area contributed by atoms with Gasteiger partial charge in [0.15, 0.2) is 0 Å². The first-order chi connectivity index (χ1) is 14.0. The highest BCUT2D eigenvalue weighted by Crippen LogP contribution is 2.18. The van der Waals surface area contributed by atoms with Gasteiger partial charge < -0.3 is 20.9 Å². The summed E-state index contributed by atoms with van der Waals surface area (Å²) in [6.45, 7) is 0.404. The van der Waals surface area contributed by atoms with Crippen molar-refractivity contribution in [3.8, 4) is 0 Å². The molecule has 0 saturated heterocycles. The summed E-state index contributed by atoms with van der Waals surface area (Å²) in [7, 11) is 3.89. The van der Waals surface area contributed by atoms with Crippen molar-refractivity contribution in [1.29, 1.82) is 0 Å². The van der Waals surface area contributed by atoms with Gasteiger partial charge in [-0.1, -0.05) is 6.07 Å². The average Bonchev–Trinajstić information content (AvgIpc) is 2.73. The highest BCUT2D eigenvalue weighted by Gasteiger charge is 2.08. The molecule has 7 heteroatoms. The number of carbonyl (C=O) groups is 2. The number of benzene rings is 2. The fourth-order valence-electron chi connectivity index (χ4n) is 2.63. The third-order valence-corrected chi connectivity index (χ3v) is 4.23. The largest absolute Gasteiger partial charge is 0.378 e. The zero-order chi connectivity index (χ0) is 20.6. The van der Waals surface area contributed by atoms with Crippen LogP contribution in [0.25, 0.3) is 0 Å². The maximum atomic E-state index is 12.5. The van der Waals surface area contributed by atoms with Crippen LogP contribution in [0, 0.1) is 0 Å². The second-order valence-corrected chi connectivity index (χ2v) is 6.64. The minimum atomic E-state index is -0.320. The average molecular weight is 389 g/mol. The Hall–Kier alpha value is -3.87. The second-order valence-electron chi connectivity index (χ2n) is 6.64. The molecule has 0 radical (unpaired) electrons. The van der Waals surface area contributed by atoms with Gasteiger partial charge in [-0.3, -0.25) is 9.78 Å². The number of nitrogens with zero attached hydrogens (tertiary/aromatic N) is 2. The van der Waals surface area contributed by atoms with Crippen LogP contribution >= 0.6 is 0 Å². The third kappa shape index (κ3) is 5.80. The predicted molar refractivity (Wildman–Crippen MR) is 115 cm³/mol. The molecular weight excluding hydrogens is 366 g/mol. The monoisotopic (exact) mass is 389 g/mol. The van der Waals surface area contributed by atoms with E-state index in [1.165, 1.54) is 0 Å². The Morgan fingerprint density at radius 3 is 2.31 bits per heavy atom. The molecule has 1 aromatic heterocycles. The molecule has 3 aromatic rings. The first-order valence-corrected chi connectivity index (χ1v) is 9.14. The Balaban J connectivity index is 1.54. The Kier molecular flexibility index (Phi) is 6.42. The summed E-state index contributed by atoms with van der Waals surface area (Å²) in [4.78, 5) is 30.4. The Bertz CT molecular complexity index is 972. The normalized spacial score (nSPS) is 10.1. The van der Waals surface area contributed by atoms with E-state index in [1.807, 2.05) is 55.4 Å². The zero-order valence-electron chi connectivity index (χ0n) is 16.3. The van der Waals surface area contributed by atoms with Crippen molar-refractivity contribution in [2.45, 2.75) is 6.54 Å². The first kappa shape index (κ1) is 19.9. The Labute approximate surface area is 169 Å². The minimum Gasteiger partial charge on any atom is -0.378 e. The molecule has 0 atom stereocenters. The predicted octanol–water partition coefficient (Wildman–Crippen LogP) is 3.72. The number of amides is 3. The Morgan fingerprint density at radius 2 is 1.62 bits per heavy atom. The molecule has 7 nitrogen and oxygen atoms in total. The van der Waals surface area contributed by atoms with E-state index in [9.17, 15) is 9.59 Å². The van der Waals surface area contributed by atoms with Crippen LogP contribution in [0.15, 0.2) is 73.1 Å². The summed E-state index contributed by atoms with van der Waals surface area (Å²) >= 11 is 0. The van der Waals surface area contributed by atoms with Gasteiger partial charge in [0, 0.05) is 55.7 Å². The molecule has 0 fully saturated rings. The summed E-state index contributed by atoms with van der Waals surface area (Å²) in [6.07, 6.45) is 3.35. The van der Waals surface area contributed by atoms with Crippen molar-refractivity contribution in [3.63, 3.8) is 0 Å². The van der Waals surface area contributed by atoms with Crippen LogP contribution in [0.4, 0.5) is 21.9 Å². The fourth-order valence-corrected chi connectivity index (χ4v) is 2.63. The lowest BCUT2D eigenvalue weighted by atomic mass is 10.2. The zero-order valence-corrected chi connectivity index (χ0v) is 16.3. The lowest BCUT2D eigenvalue weighted by Crippen LogP contribution is -2.28. The van der Waals surface area contributed by atoms with Crippen LogP contribution in [0.1, 0.15) is 15.9 Å². The molecule has 0 bridgehead atoms. The van der Waals surface area contributed by atoms with E-state index in [0.717, 1.165) is 16.9 Å². The quantitative estimate of drug-likeness (QED) is 0.600. The summed E-state index contributed by atoms with van der Waals surface area (Å²) < 4.78 is 0. The van der Waals surface area contributed by atoms with E-state index in [1.54, 1.807) is 36.7 Å². The van der Waals surface area contributed by atoms with E-state index in [0.29, 0.717) is 17.8 Å². The molecule has 0 aliphatic carbocycles. The maximum Gasteiger partial charge on any atom is 0.319 e. The molecule has 0 unspecified atom stereocenters. The van der Waals surface area contributed by atoms with Gasteiger partial charge in [-0.15, -0.1) is 0 Å². The van der Waals surface area contributed by atoms with Gasteiger partial charge in [0.25, 0.3) is 5.91 Å². The fraction of sp³-hybridized carbons (Fsp3) is 0.136. The number of aromatic nitrogens is 1. The summed E-state index contributed by atoms with van der Waals surface area (Å²) in [5.74, 6) is -0.213. The van der Waals surface area contributed by atoms with Gasteiger partial charge in [0.05, 0.1) is 0 Å². The molecule has 3 rings (SSSR count). The van der Waals surface area contributed by atoms with Crippen molar-refractivity contribution < 1.29 is 9.59 Å². The molecular formula is C22H23N5O2. The molecule has 3 N–H and O–H groups in total. The SMILES string of the molecule is CN(C)c1cccc(NC(=O)c2ccc(NC(=O)NCc3ccncc3)cc2)c1. The van der Waals surface area contributed by atoms with E-state index in [2.05, 4.69) is 20.9 Å². The van der Waals surface area contributed by atoms with Crippen LogP contribution in [0.3, 0.4) is 0 Å². The number of urea groups is 1. The number of anilines is 3. The number of rotatable bonds is 6. The second kappa shape index (κ2) is 9.36. The number of hydrogen-bond acceptors (Lipinski definition) is 4. The highest BCUT2D eigenvalue weighted by atomic mass is 16.2. The van der Waals surface area contributed by atoms with Crippen LogP contribution in [0.2, 0.25) is 0 Å². The Morgan fingerprint density at radius 1 is 0.897 bits per heavy atom. The molecule has 2 aromatic carbocycles. The number of pyridine rings is 1. The van der Waals surface area contributed by atoms with Gasteiger partial charge in [0.2, 0.25) is 0 Å². The van der Waals surface area contributed by atoms with Gasteiger partial charge in [-0.05, 0) is 60.2 Å². The van der Waals surface area contributed by atoms with Crippen molar-refractivity contribution in [2.75, 3.05) is 29.6 Å². The molecule has 29 heavy (non-hydrogen) atoms. The van der Waals surface area contributed by atoms with E-state index >= 15 is 0 Å². The van der Waals surface area contributed by atoms with Gasteiger partial charge in [-0.25, -0.2) is 4.79 Å². The van der Waals surface area contributed by atoms with Crippen LogP contribution in [-0.4, -0.2) is 31.0 Å². The van der Waals surface area contributed by atoms with Crippen LogP contribution in [0.5, 0.6) is 0 Å². The lowest BCUT2D eigenvalue weighted by molar-refractivity contribution is 0.102. The first-order valence-electron chi connectivity index (χ1n) is 9.14. The standard InChI is InChI=1S/C22H23N5O2/c1-27(2)20-5-3-4-19(14-20)25-21(28)17-6-8-18(9-7-17)26-22(29)24-15-16-10-12-23-13-11-16/h3-14H,15H2,1-2H3,(H,25,28)(H2,24,26,29). The van der Waals surface area contributed by atoms with E-state index in [-0.39, 0.29) is 11.9 Å². The molecule has 0 aliphatic heterocycles. The molecule has 3 amide bonds. The van der Waals surface area contributed by atoms with E-state index < -0.39 is 0 Å². The number of nitrogens with one attached hydrogen (secondary N) is 3. The van der Waals surface area contributed by atoms with Crippen LogP contribution in [-0.2, 0) is 6.54 Å². The summed E-state index contributed by atoms with van der Waals surface area (Å²) in [6, 6.07) is 17.7. The molecule has 0 saturated carbocycles. The summed E-state index contributed by atoms with van der Waals surface area (Å²) in [5, 5.41) is 8.40.